The molecular formula is C20H16N6O4S. The lowest BCUT2D eigenvalue weighted by Gasteiger charge is -2.14. The largest absolute Gasteiger partial charge is 0.399 e. The number of nitrogens with one attached hydrogen (secondary N) is 2. The molecule has 0 atom stereocenters. The van der Waals surface area contributed by atoms with Crippen LogP contribution in [-0.2, 0) is 10.0 Å². The van der Waals surface area contributed by atoms with Crippen molar-refractivity contribution in [2.75, 3.05) is 15.8 Å². The first-order valence-electron chi connectivity index (χ1n) is 8.98. The lowest BCUT2D eigenvalue weighted by Crippen LogP contribution is -2.16. The van der Waals surface area contributed by atoms with Crippen molar-refractivity contribution in [3.8, 4) is 0 Å². The summed E-state index contributed by atoms with van der Waals surface area (Å²) >= 11 is 0. The van der Waals surface area contributed by atoms with Gasteiger partial charge < -0.3 is 11.1 Å². The number of nitrogen functional groups attached to an aromatic ring is 1. The molecule has 0 aliphatic heterocycles. The minimum absolute atomic E-state index is 0.0283. The zero-order valence-corrected chi connectivity index (χ0v) is 16.7. The van der Waals surface area contributed by atoms with Crippen LogP contribution in [0.15, 0.2) is 77.7 Å². The Morgan fingerprint density at radius 1 is 0.871 bits per heavy atom. The van der Waals surface area contributed by atoms with Crippen LogP contribution in [-0.4, -0.2) is 23.3 Å². The van der Waals surface area contributed by atoms with Crippen LogP contribution in [0.5, 0.6) is 0 Å². The second kappa shape index (κ2) is 7.88. The van der Waals surface area contributed by atoms with Gasteiger partial charge in [-0.15, -0.1) is 0 Å². The summed E-state index contributed by atoms with van der Waals surface area (Å²) in [5.41, 5.74) is 7.77. The lowest BCUT2D eigenvalue weighted by molar-refractivity contribution is -0.384. The second-order valence-corrected chi connectivity index (χ2v) is 8.20. The monoisotopic (exact) mass is 436 g/mol. The second-order valence-electron chi connectivity index (χ2n) is 6.52. The summed E-state index contributed by atoms with van der Waals surface area (Å²) in [6, 6.07) is 18.4. The van der Waals surface area contributed by atoms with Crippen molar-refractivity contribution in [1.82, 2.24) is 9.97 Å². The summed E-state index contributed by atoms with van der Waals surface area (Å²) in [6.07, 6.45) is 0. The normalized spacial score (nSPS) is 11.2. The third kappa shape index (κ3) is 4.36. The van der Waals surface area contributed by atoms with Crippen molar-refractivity contribution < 1.29 is 13.3 Å². The number of rotatable bonds is 6. The third-order valence-electron chi connectivity index (χ3n) is 4.31. The molecule has 0 spiro atoms. The number of para-hydroxylation sites is 2. The molecule has 1 heterocycles. The van der Waals surface area contributed by atoms with E-state index >= 15 is 0 Å². The molecule has 0 aliphatic carbocycles. The standard InChI is InChI=1S/C20H16N6O4S/c21-13-4-3-5-14(12-13)22-19-20(24-18-7-2-1-6-17(18)23-19)25-31(29,30)16-10-8-15(9-11-16)26(27)28/h1-12H,21H2,(H,22,23)(H,24,25). The zero-order valence-electron chi connectivity index (χ0n) is 15.9. The van der Waals surface area contributed by atoms with E-state index in [9.17, 15) is 18.5 Å². The van der Waals surface area contributed by atoms with E-state index in [0.29, 0.717) is 22.4 Å². The number of nitro groups is 1. The predicted octanol–water partition coefficient (Wildman–Crippen LogP) is 3.66. The van der Waals surface area contributed by atoms with Crippen molar-refractivity contribution in [1.29, 1.82) is 0 Å². The molecule has 1 aromatic heterocycles. The highest BCUT2D eigenvalue weighted by molar-refractivity contribution is 7.92. The van der Waals surface area contributed by atoms with Gasteiger partial charge in [0.05, 0.1) is 20.9 Å². The van der Waals surface area contributed by atoms with Gasteiger partial charge in [-0.25, -0.2) is 18.4 Å². The van der Waals surface area contributed by atoms with Gasteiger partial charge in [-0.05, 0) is 42.5 Å². The maximum atomic E-state index is 12.9. The summed E-state index contributed by atoms with van der Waals surface area (Å²) in [4.78, 5) is 18.9. The molecule has 0 bridgehead atoms. The SMILES string of the molecule is Nc1cccc(Nc2nc3ccccc3nc2NS(=O)(=O)c2ccc([N+](=O)[O-])cc2)c1. The molecule has 4 aromatic rings. The number of benzene rings is 3. The summed E-state index contributed by atoms with van der Waals surface area (Å²) in [7, 11) is -4.09. The molecule has 0 fully saturated rings. The van der Waals surface area contributed by atoms with Crippen molar-refractivity contribution in [3.05, 3.63) is 82.9 Å². The Morgan fingerprint density at radius 3 is 2.13 bits per heavy atom. The summed E-state index contributed by atoms with van der Waals surface area (Å²) in [6.45, 7) is 0. The van der Waals surface area contributed by atoms with Gasteiger partial charge in [0.15, 0.2) is 11.6 Å². The highest BCUT2D eigenvalue weighted by Gasteiger charge is 2.20. The van der Waals surface area contributed by atoms with E-state index in [-0.39, 0.29) is 22.2 Å². The van der Waals surface area contributed by atoms with E-state index in [2.05, 4.69) is 20.0 Å². The molecule has 0 radical (unpaired) electrons. The van der Waals surface area contributed by atoms with Crippen LogP contribution in [0.2, 0.25) is 0 Å². The topological polar surface area (TPSA) is 153 Å². The molecule has 4 N–H and O–H groups in total. The molecule has 156 valence electrons. The van der Waals surface area contributed by atoms with Gasteiger partial charge in [0.25, 0.3) is 15.7 Å². The van der Waals surface area contributed by atoms with Crippen LogP contribution in [0.3, 0.4) is 0 Å². The Kier molecular flexibility index (Phi) is 5.09. The van der Waals surface area contributed by atoms with Gasteiger partial charge in [-0.2, -0.15) is 0 Å². The van der Waals surface area contributed by atoms with Crippen molar-refractivity contribution in [2.24, 2.45) is 0 Å². The number of hydrogen-bond acceptors (Lipinski definition) is 8. The van der Waals surface area contributed by atoms with Crippen LogP contribution in [0.25, 0.3) is 11.0 Å². The molecule has 0 aliphatic rings. The fourth-order valence-corrected chi connectivity index (χ4v) is 3.85. The third-order valence-corrected chi connectivity index (χ3v) is 5.66. The van der Waals surface area contributed by atoms with Crippen LogP contribution in [0.4, 0.5) is 28.7 Å². The molecule has 3 aromatic carbocycles. The van der Waals surface area contributed by atoms with E-state index in [1.807, 2.05) is 0 Å². The number of fused-ring (bicyclic) bond motifs is 1. The van der Waals surface area contributed by atoms with Gasteiger partial charge >= 0.3 is 0 Å². The Labute approximate surface area is 177 Å². The van der Waals surface area contributed by atoms with Crippen LogP contribution < -0.4 is 15.8 Å². The quantitative estimate of drug-likeness (QED) is 0.235. The molecule has 11 heteroatoms. The maximum Gasteiger partial charge on any atom is 0.269 e. The first-order valence-corrected chi connectivity index (χ1v) is 10.5. The van der Waals surface area contributed by atoms with Crippen molar-refractivity contribution >= 4 is 49.8 Å². The Balaban J connectivity index is 1.75. The minimum atomic E-state index is -4.09. The number of aromatic nitrogens is 2. The first kappa shape index (κ1) is 20.0. The van der Waals surface area contributed by atoms with Crippen LogP contribution in [0.1, 0.15) is 0 Å². The first-order chi connectivity index (χ1) is 14.8. The van der Waals surface area contributed by atoms with E-state index in [1.165, 1.54) is 0 Å². The fourth-order valence-electron chi connectivity index (χ4n) is 2.84. The van der Waals surface area contributed by atoms with Gasteiger partial charge in [-0.3, -0.25) is 14.8 Å². The van der Waals surface area contributed by atoms with Gasteiger partial charge in [0.1, 0.15) is 0 Å². The molecule has 4 rings (SSSR count). The molecule has 0 unspecified atom stereocenters. The lowest BCUT2D eigenvalue weighted by atomic mass is 10.2. The number of nitro benzene ring substituents is 1. The molecule has 10 nitrogen and oxygen atoms in total. The molecular weight excluding hydrogens is 420 g/mol. The van der Waals surface area contributed by atoms with E-state index in [0.717, 1.165) is 24.3 Å². The fraction of sp³-hybridized carbons (Fsp3) is 0. The number of hydrogen-bond donors (Lipinski definition) is 3. The summed E-state index contributed by atoms with van der Waals surface area (Å²) in [5.74, 6) is 0.147. The van der Waals surface area contributed by atoms with E-state index in [1.54, 1.807) is 48.5 Å². The maximum absolute atomic E-state index is 12.9. The summed E-state index contributed by atoms with van der Waals surface area (Å²) in [5, 5.41) is 13.9. The van der Waals surface area contributed by atoms with Crippen LogP contribution in [0, 0.1) is 10.1 Å². The Hall–Kier alpha value is -4.25. The molecule has 0 saturated heterocycles. The molecule has 0 amide bonds. The molecule has 31 heavy (non-hydrogen) atoms. The average Bonchev–Trinajstić information content (AvgIpc) is 2.74. The van der Waals surface area contributed by atoms with Gasteiger partial charge in [0.2, 0.25) is 0 Å². The number of anilines is 4. The minimum Gasteiger partial charge on any atom is -0.399 e. The highest BCUT2D eigenvalue weighted by Crippen LogP contribution is 2.28. The van der Waals surface area contributed by atoms with Crippen LogP contribution >= 0.6 is 0 Å². The van der Waals surface area contributed by atoms with E-state index in [4.69, 9.17) is 5.73 Å². The number of nitrogens with two attached hydrogens (primary N) is 1. The average molecular weight is 436 g/mol. The summed E-state index contributed by atoms with van der Waals surface area (Å²) < 4.78 is 28.2. The molecule has 0 saturated carbocycles. The zero-order chi connectivity index (χ0) is 22.0. The van der Waals surface area contributed by atoms with Crippen molar-refractivity contribution in [2.45, 2.75) is 4.90 Å². The smallest absolute Gasteiger partial charge is 0.269 e. The van der Waals surface area contributed by atoms with Gasteiger partial charge in [-0.1, -0.05) is 18.2 Å². The Morgan fingerprint density at radius 2 is 1.52 bits per heavy atom. The van der Waals surface area contributed by atoms with Crippen molar-refractivity contribution in [3.63, 3.8) is 0 Å². The van der Waals surface area contributed by atoms with Gasteiger partial charge in [0, 0.05) is 23.5 Å². The van der Waals surface area contributed by atoms with E-state index < -0.39 is 14.9 Å². The Bertz CT molecular complexity index is 1390. The predicted molar refractivity (Wildman–Crippen MR) is 118 cm³/mol. The number of non-ortho nitro benzene ring substituents is 1. The number of sulfonamides is 1. The highest BCUT2D eigenvalue weighted by atomic mass is 32.2. The number of nitrogens with zero attached hydrogens (tertiary/aromatic N) is 3.